The van der Waals surface area contributed by atoms with Crippen LogP contribution in [0.4, 0.5) is 5.69 Å². The maximum Gasteiger partial charge on any atom is 0.339 e. The number of nitrogens with zero attached hydrogens (tertiary/aromatic N) is 2. The summed E-state index contributed by atoms with van der Waals surface area (Å²) in [6.07, 6.45) is 1.62. The third-order valence-electron chi connectivity index (χ3n) is 3.02. The minimum atomic E-state index is -0.985. The molecule has 2 aromatic rings. The number of para-hydroxylation sites is 1. The predicted molar refractivity (Wildman–Crippen MR) is 77.1 cm³/mol. The lowest BCUT2D eigenvalue weighted by Crippen LogP contribution is -2.32. The summed E-state index contributed by atoms with van der Waals surface area (Å²) in [7, 11) is 0. The number of anilines is 1. The maximum absolute atomic E-state index is 11.2. The van der Waals surface area contributed by atoms with Gasteiger partial charge in [0.2, 0.25) is 0 Å². The molecule has 7 heteroatoms. The summed E-state index contributed by atoms with van der Waals surface area (Å²) in [5.74, 6) is -0.560. The van der Waals surface area contributed by atoms with Gasteiger partial charge in [-0.05, 0) is 12.1 Å². The summed E-state index contributed by atoms with van der Waals surface area (Å²) in [6.45, 7) is 1.74. The summed E-state index contributed by atoms with van der Waals surface area (Å²) in [4.78, 5) is 17.5. The number of thiazole rings is 1. The summed E-state index contributed by atoms with van der Waals surface area (Å²) < 4.78 is 6.17. The van der Waals surface area contributed by atoms with Gasteiger partial charge in [0.05, 0.1) is 25.0 Å². The first-order chi connectivity index (χ1) is 9.65. The molecule has 0 radical (unpaired) electrons. The molecule has 1 N–H and O–H groups in total. The van der Waals surface area contributed by atoms with Crippen molar-refractivity contribution in [2.45, 2.75) is 6.54 Å². The van der Waals surface area contributed by atoms with Gasteiger partial charge in [0.1, 0.15) is 21.5 Å². The number of carbonyl (C=O) groups is 1. The highest BCUT2D eigenvalue weighted by Crippen LogP contribution is 2.36. The molecule has 0 saturated heterocycles. The Bertz CT molecular complexity index is 659. The first-order valence-electron chi connectivity index (χ1n) is 5.99. The normalized spacial score (nSPS) is 13.8. The van der Waals surface area contributed by atoms with Crippen molar-refractivity contribution >= 4 is 34.6 Å². The van der Waals surface area contributed by atoms with Crippen molar-refractivity contribution in [3.63, 3.8) is 0 Å². The highest BCUT2D eigenvalue weighted by Gasteiger charge is 2.24. The van der Waals surface area contributed by atoms with Crippen LogP contribution in [-0.2, 0) is 6.54 Å². The van der Waals surface area contributed by atoms with Crippen LogP contribution in [-0.4, -0.2) is 29.2 Å². The van der Waals surface area contributed by atoms with E-state index in [-0.39, 0.29) is 5.56 Å². The van der Waals surface area contributed by atoms with Gasteiger partial charge in [-0.3, -0.25) is 0 Å². The van der Waals surface area contributed by atoms with Gasteiger partial charge in [-0.1, -0.05) is 17.7 Å². The van der Waals surface area contributed by atoms with Crippen molar-refractivity contribution in [3.8, 4) is 5.75 Å². The number of benzene rings is 1. The Balaban J connectivity index is 1.94. The fourth-order valence-corrected chi connectivity index (χ4v) is 3.13. The van der Waals surface area contributed by atoms with Crippen molar-refractivity contribution in [2.75, 3.05) is 18.1 Å². The maximum atomic E-state index is 11.2. The summed E-state index contributed by atoms with van der Waals surface area (Å²) in [5.41, 5.74) is 0.965. The fraction of sp³-hybridized carbons (Fsp3) is 0.231. The van der Waals surface area contributed by atoms with E-state index in [1.54, 1.807) is 18.3 Å². The van der Waals surface area contributed by atoms with E-state index in [2.05, 4.69) is 9.88 Å². The van der Waals surface area contributed by atoms with Crippen LogP contribution in [0, 0.1) is 0 Å². The average molecular weight is 311 g/mol. The number of carboxylic acids is 1. The van der Waals surface area contributed by atoms with Crippen molar-refractivity contribution in [3.05, 3.63) is 39.3 Å². The predicted octanol–water partition coefficient (Wildman–Crippen LogP) is 2.89. The van der Waals surface area contributed by atoms with Gasteiger partial charge in [-0.2, -0.15) is 0 Å². The van der Waals surface area contributed by atoms with E-state index < -0.39 is 5.97 Å². The first-order valence-corrected chi connectivity index (χ1v) is 7.19. The van der Waals surface area contributed by atoms with E-state index in [4.69, 9.17) is 16.3 Å². The van der Waals surface area contributed by atoms with Gasteiger partial charge in [0.25, 0.3) is 0 Å². The molecule has 2 heterocycles. The quantitative estimate of drug-likeness (QED) is 0.944. The van der Waals surface area contributed by atoms with Crippen LogP contribution in [0.2, 0.25) is 4.34 Å². The Kier molecular flexibility index (Phi) is 3.50. The van der Waals surface area contributed by atoms with Crippen LogP contribution in [0.3, 0.4) is 0 Å². The molecule has 5 nitrogen and oxygen atoms in total. The number of fused-ring (bicyclic) bond motifs is 1. The number of carboxylic acid groups (broad SMARTS) is 1. The number of hydrogen-bond acceptors (Lipinski definition) is 5. The van der Waals surface area contributed by atoms with Crippen LogP contribution in [0.1, 0.15) is 15.4 Å². The summed E-state index contributed by atoms with van der Waals surface area (Å²) in [5, 5.41) is 10.1. The second-order valence-electron chi connectivity index (χ2n) is 4.29. The minimum absolute atomic E-state index is 0.185. The van der Waals surface area contributed by atoms with Crippen molar-refractivity contribution < 1.29 is 14.6 Å². The van der Waals surface area contributed by atoms with Crippen molar-refractivity contribution in [1.82, 2.24) is 4.98 Å². The van der Waals surface area contributed by atoms with Gasteiger partial charge < -0.3 is 14.7 Å². The molecular weight excluding hydrogens is 300 g/mol. The Morgan fingerprint density at radius 3 is 3.10 bits per heavy atom. The molecule has 0 saturated carbocycles. The molecule has 104 valence electrons. The standard InChI is InChI=1S/C13H11ClN2O3S/c14-10-6-15-11(20-10)7-16-4-5-19-12-8(13(17)18)2-1-3-9(12)16/h1-3,6H,4-5,7H2,(H,17,18). The zero-order valence-corrected chi connectivity index (χ0v) is 11.9. The lowest BCUT2D eigenvalue weighted by atomic mass is 10.1. The van der Waals surface area contributed by atoms with Crippen LogP contribution in [0.15, 0.2) is 24.4 Å². The molecule has 0 unspecified atom stereocenters. The highest BCUT2D eigenvalue weighted by molar-refractivity contribution is 7.15. The highest BCUT2D eigenvalue weighted by atomic mass is 35.5. The molecule has 0 bridgehead atoms. The van der Waals surface area contributed by atoms with Gasteiger partial charge in [0, 0.05) is 0 Å². The van der Waals surface area contributed by atoms with Crippen LogP contribution in [0.5, 0.6) is 5.75 Å². The molecule has 3 rings (SSSR count). The van der Waals surface area contributed by atoms with E-state index in [9.17, 15) is 9.90 Å². The Morgan fingerprint density at radius 2 is 2.40 bits per heavy atom. The molecule has 1 aliphatic rings. The molecule has 1 aromatic heterocycles. The third kappa shape index (κ3) is 2.44. The second kappa shape index (κ2) is 5.30. The SMILES string of the molecule is O=C(O)c1cccc2c1OCCN2Cc1ncc(Cl)s1. The Morgan fingerprint density at radius 1 is 1.55 bits per heavy atom. The molecule has 0 spiro atoms. The topological polar surface area (TPSA) is 62.7 Å². The number of aromatic carboxylic acids is 1. The number of halogens is 1. The largest absolute Gasteiger partial charge is 0.489 e. The number of rotatable bonds is 3. The molecule has 0 fully saturated rings. The van der Waals surface area contributed by atoms with Crippen LogP contribution >= 0.6 is 22.9 Å². The van der Waals surface area contributed by atoms with Crippen LogP contribution < -0.4 is 9.64 Å². The summed E-state index contributed by atoms with van der Waals surface area (Å²) >= 11 is 7.30. The van der Waals surface area contributed by atoms with Gasteiger partial charge >= 0.3 is 5.97 Å². The molecule has 20 heavy (non-hydrogen) atoms. The number of hydrogen-bond donors (Lipinski definition) is 1. The van der Waals surface area contributed by atoms with E-state index in [0.717, 1.165) is 10.7 Å². The first kappa shape index (κ1) is 13.2. The minimum Gasteiger partial charge on any atom is -0.489 e. The van der Waals surface area contributed by atoms with Crippen molar-refractivity contribution in [2.24, 2.45) is 0 Å². The molecule has 1 aromatic carbocycles. The zero-order valence-electron chi connectivity index (χ0n) is 10.4. The second-order valence-corrected chi connectivity index (χ2v) is 6.03. The van der Waals surface area contributed by atoms with E-state index in [1.807, 2.05) is 6.07 Å². The van der Waals surface area contributed by atoms with Gasteiger partial charge in [-0.15, -0.1) is 11.3 Å². The van der Waals surface area contributed by atoms with Gasteiger partial charge in [-0.25, -0.2) is 9.78 Å². The molecular formula is C13H11ClN2O3S. The monoisotopic (exact) mass is 310 g/mol. The number of aromatic nitrogens is 1. The lowest BCUT2D eigenvalue weighted by Gasteiger charge is -2.31. The fourth-order valence-electron chi connectivity index (χ4n) is 2.16. The van der Waals surface area contributed by atoms with Crippen molar-refractivity contribution in [1.29, 1.82) is 0 Å². The van der Waals surface area contributed by atoms with Gasteiger partial charge in [0.15, 0.2) is 5.75 Å². The Labute approximate surface area is 124 Å². The average Bonchev–Trinajstić information content (AvgIpc) is 2.84. The summed E-state index contributed by atoms with van der Waals surface area (Å²) in [6, 6.07) is 5.12. The smallest absolute Gasteiger partial charge is 0.339 e. The van der Waals surface area contributed by atoms with E-state index >= 15 is 0 Å². The lowest BCUT2D eigenvalue weighted by molar-refractivity contribution is 0.0692. The van der Waals surface area contributed by atoms with E-state index in [0.29, 0.717) is 29.8 Å². The van der Waals surface area contributed by atoms with E-state index in [1.165, 1.54) is 11.3 Å². The molecule has 1 aliphatic heterocycles. The Hall–Kier alpha value is -1.79. The third-order valence-corrected chi connectivity index (χ3v) is 4.12. The molecule has 0 atom stereocenters. The molecule has 0 aliphatic carbocycles. The number of ether oxygens (including phenoxy) is 1. The zero-order chi connectivity index (χ0) is 14.1. The van der Waals surface area contributed by atoms with Crippen LogP contribution in [0.25, 0.3) is 0 Å². The molecule has 0 amide bonds.